The van der Waals surface area contributed by atoms with Gasteiger partial charge in [0.25, 0.3) is 0 Å². The fourth-order valence-electron chi connectivity index (χ4n) is 1.93. The lowest BCUT2D eigenvalue weighted by molar-refractivity contribution is -0.117. The smallest absolute Gasteiger partial charge is 0.226 e. The maximum absolute atomic E-state index is 11.9. The van der Waals surface area contributed by atoms with Gasteiger partial charge in [0.1, 0.15) is 5.82 Å². The van der Waals surface area contributed by atoms with E-state index in [1.807, 2.05) is 25.1 Å². The number of anilines is 2. The number of pyridine rings is 1. The highest BCUT2D eigenvalue weighted by atomic mass is 35.5. The number of rotatable bonds is 4. The first-order valence-electron chi connectivity index (χ1n) is 6.39. The van der Waals surface area contributed by atoms with Gasteiger partial charge in [-0.15, -0.1) is 24.8 Å². The Morgan fingerprint density at radius 2 is 2.29 bits per heavy atom. The van der Waals surface area contributed by atoms with Crippen LogP contribution in [0.4, 0.5) is 11.5 Å². The van der Waals surface area contributed by atoms with Crippen LogP contribution in [0.5, 0.6) is 0 Å². The Morgan fingerprint density at radius 1 is 1.52 bits per heavy atom. The zero-order valence-electron chi connectivity index (χ0n) is 12.2. The minimum absolute atomic E-state index is 0. The van der Waals surface area contributed by atoms with Gasteiger partial charge in [-0.05, 0) is 6.07 Å². The summed E-state index contributed by atoms with van der Waals surface area (Å²) in [6.45, 7) is 2.11. The van der Waals surface area contributed by atoms with Crippen LogP contribution in [0, 0.1) is 0 Å². The van der Waals surface area contributed by atoms with Gasteiger partial charge in [0, 0.05) is 51.1 Å². The third kappa shape index (κ3) is 6.48. The van der Waals surface area contributed by atoms with Crippen molar-refractivity contribution in [1.82, 2.24) is 10.3 Å². The molecule has 0 aliphatic carbocycles. The molecule has 1 atom stereocenters. The molecule has 2 heterocycles. The zero-order chi connectivity index (χ0) is 13.7. The van der Waals surface area contributed by atoms with E-state index < -0.39 is 0 Å². The Bertz CT molecular complexity index is 440. The molecule has 1 fully saturated rings. The van der Waals surface area contributed by atoms with Crippen LogP contribution >= 0.6 is 24.8 Å². The SMILES string of the molecule is CN(C)c1cc(NC(=O)CC2COCCN2)ccn1.Cl.Cl. The van der Waals surface area contributed by atoms with Gasteiger partial charge in [0.15, 0.2) is 0 Å². The molecule has 0 saturated carbocycles. The fraction of sp³-hybridized carbons (Fsp3) is 0.538. The normalized spacial score (nSPS) is 17.1. The monoisotopic (exact) mass is 336 g/mol. The number of carbonyl (C=O) groups excluding carboxylic acids is 1. The largest absolute Gasteiger partial charge is 0.378 e. The predicted octanol–water partition coefficient (Wildman–Crippen LogP) is 1.31. The molecule has 1 aliphatic rings. The van der Waals surface area contributed by atoms with Gasteiger partial charge in [0.05, 0.1) is 13.2 Å². The average molecular weight is 337 g/mol. The van der Waals surface area contributed by atoms with Crippen LogP contribution in [0.1, 0.15) is 6.42 Å². The van der Waals surface area contributed by atoms with Crippen LogP contribution in [0.3, 0.4) is 0 Å². The van der Waals surface area contributed by atoms with Crippen molar-refractivity contribution in [3.8, 4) is 0 Å². The zero-order valence-corrected chi connectivity index (χ0v) is 13.8. The minimum atomic E-state index is -0.0149. The number of aromatic nitrogens is 1. The summed E-state index contributed by atoms with van der Waals surface area (Å²) in [5, 5.41) is 6.14. The van der Waals surface area contributed by atoms with Crippen molar-refractivity contribution in [2.75, 3.05) is 44.1 Å². The maximum Gasteiger partial charge on any atom is 0.226 e. The van der Waals surface area contributed by atoms with E-state index in [1.165, 1.54) is 0 Å². The topological polar surface area (TPSA) is 66.5 Å². The number of carbonyl (C=O) groups is 1. The second-order valence-corrected chi connectivity index (χ2v) is 4.78. The van der Waals surface area contributed by atoms with Crippen LogP contribution in [0.2, 0.25) is 0 Å². The Labute approximate surface area is 137 Å². The van der Waals surface area contributed by atoms with Gasteiger partial charge in [-0.1, -0.05) is 0 Å². The molecule has 21 heavy (non-hydrogen) atoms. The number of nitrogens with zero attached hydrogens (tertiary/aromatic N) is 2. The molecule has 0 bridgehead atoms. The molecule has 1 aliphatic heterocycles. The summed E-state index contributed by atoms with van der Waals surface area (Å²) < 4.78 is 5.32. The third-order valence-corrected chi connectivity index (χ3v) is 2.92. The standard InChI is InChI=1S/C13H20N4O2.2ClH/c1-17(2)12-7-10(3-4-15-12)16-13(18)8-11-9-19-6-5-14-11;;/h3-4,7,11,14H,5-6,8-9H2,1-2H3,(H,15,16,18);2*1H. The molecule has 1 unspecified atom stereocenters. The summed E-state index contributed by atoms with van der Waals surface area (Å²) in [7, 11) is 3.83. The van der Waals surface area contributed by atoms with Crippen molar-refractivity contribution >= 4 is 42.2 Å². The number of halogens is 2. The Balaban J connectivity index is 0.00000200. The Hall–Kier alpha value is -1.08. The van der Waals surface area contributed by atoms with Gasteiger partial charge < -0.3 is 20.3 Å². The molecule has 2 rings (SSSR count). The van der Waals surface area contributed by atoms with E-state index in [9.17, 15) is 4.79 Å². The molecule has 0 aromatic carbocycles. The summed E-state index contributed by atoms with van der Waals surface area (Å²) in [5.41, 5.74) is 0.764. The second-order valence-electron chi connectivity index (χ2n) is 4.78. The molecule has 0 radical (unpaired) electrons. The van der Waals surface area contributed by atoms with Crippen LogP contribution < -0.4 is 15.5 Å². The quantitative estimate of drug-likeness (QED) is 0.867. The number of nitrogens with one attached hydrogen (secondary N) is 2. The van der Waals surface area contributed by atoms with Crippen molar-refractivity contribution in [1.29, 1.82) is 0 Å². The molecule has 1 amide bonds. The number of ether oxygens (including phenoxy) is 1. The van der Waals surface area contributed by atoms with Gasteiger partial charge in [0.2, 0.25) is 5.91 Å². The van der Waals surface area contributed by atoms with Crippen LogP contribution in [-0.4, -0.2) is 50.8 Å². The molecule has 6 nitrogen and oxygen atoms in total. The lowest BCUT2D eigenvalue weighted by Gasteiger charge is -2.23. The lowest BCUT2D eigenvalue weighted by Crippen LogP contribution is -2.43. The highest BCUT2D eigenvalue weighted by Gasteiger charge is 2.16. The van der Waals surface area contributed by atoms with Crippen molar-refractivity contribution in [3.05, 3.63) is 18.3 Å². The number of hydrogen-bond donors (Lipinski definition) is 2. The van der Waals surface area contributed by atoms with Gasteiger partial charge >= 0.3 is 0 Å². The molecule has 0 spiro atoms. The fourth-order valence-corrected chi connectivity index (χ4v) is 1.93. The van der Waals surface area contributed by atoms with E-state index in [0.29, 0.717) is 19.6 Å². The molecular weight excluding hydrogens is 315 g/mol. The first-order chi connectivity index (χ1) is 9.15. The molecule has 2 N–H and O–H groups in total. The summed E-state index contributed by atoms with van der Waals surface area (Å²) in [6, 6.07) is 3.74. The van der Waals surface area contributed by atoms with E-state index in [4.69, 9.17) is 4.74 Å². The Morgan fingerprint density at radius 3 is 2.90 bits per heavy atom. The average Bonchev–Trinajstić information content (AvgIpc) is 2.40. The van der Waals surface area contributed by atoms with E-state index in [-0.39, 0.29) is 36.8 Å². The van der Waals surface area contributed by atoms with Crippen LogP contribution in [0.15, 0.2) is 18.3 Å². The van der Waals surface area contributed by atoms with Crippen molar-refractivity contribution in [3.63, 3.8) is 0 Å². The van der Waals surface area contributed by atoms with Crippen molar-refractivity contribution in [2.45, 2.75) is 12.5 Å². The lowest BCUT2D eigenvalue weighted by atomic mass is 10.2. The Kier molecular flexibility index (Phi) is 9.28. The molecular formula is C13H22Cl2N4O2. The van der Waals surface area contributed by atoms with Crippen LogP contribution in [0.25, 0.3) is 0 Å². The van der Waals surface area contributed by atoms with E-state index in [1.54, 1.807) is 12.3 Å². The summed E-state index contributed by atoms with van der Waals surface area (Å²) in [4.78, 5) is 18.0. The molecule has 1 saturated heterocycles. The van der Waals surface area contributed by atoms with Gasteiger partial charge in [-0.25, -0.2) is 4.98 Å². The number of morpholine rings is 1. The molecule has 1 aromatic heterocycles. The van der Waals surface area contributed by atoms with Crippen molar-refractivity contribution < 1.29 is 9.53 Å². The third-order valence-electron chi connectivity index (χ3n) is 2.92. The van der Waals surface area contributed by atoms with E-state index >= 15 is 0 Å². The maximum atomic E-state index is 11.9. The molecule has 1 aromatic rings. The molecule has 8 heteroatoms. The first kappa shape index (κ1) is 19.9. The van der Waals surface area contributed by atoms with E-state index in [0.717, 1.165) is 18.1 Å². The highest BCUT2D eigenvalue weighted by molar-refractivity contribution is 5.91. The number of amides is 1. The summed E-state index contributed by atoms with van der Waals surface area (Å²) in [6.07, 6.45) is 2.10. The highest BCUT2D eigenvalue weighted by Crippen LogP contribution is 2.14. The number of hydrogen-bond acceptors (Lipinski definition) is 5. The predicted molar refractivity (Wildman–Crippen MR) is 88.9 cm³/mol. The van der Waals surface area contributed by atoms with Crippen molar-refractivity contribution in [2.24, 2.45) is 0 Å². The molecule has 120 valence electrons. The first-order valence-corrected chi connectivity index (χ1v) is 6.39. The van der Waals surface area contributed by atoms with Gasteiger partial charge in [-0.3, -0.25) is 4.79 Å². The minimum Gasteiger partial charge on any atom is -0.378 e. The van der Waals surface area contributed by atoms with Gasteiger partial charge in [-0.2, -0.15) is 0 Å². The summed E-state index contributed by atoms with van der Waals surface area (Å²) >= 11 is 0. The summed E-state index contributed by atoms with van der Waals surface area (Å²) in [5.74, 6) is 0.802. The second kappa shape index (κ2) is 9.78. The van der Waals surface area contributed by atoms with Crippen LogP contribution in [-0.2, 0) is 9.53 Å². The van der Waals surface area contributed by atoms with E-state index in [2.05, 4.69) is 15.6 Å².